The van der Waals surface area contributed by atoms with Crippen LogP contribution in [0, 0.1) is 6.92 Å². The van der Waals surface area contributed by atoms with Crippen molar-refractivity contribution in [2.24, 2.45) is 0 Å². The van der Waals surface area contributed by atoms with Gasteiger partial charge >= 0.3 is 0 Å². The van der Waals surface area contributed by atoms with Crippen LogP contribution >= 0.6 is 0 Å². The maximum absolute atomic E-state index is 11.9. The fraction of sp³-hybridized carbons (Fsp3) is 0.533. The number of phenols is 1. The third-order valence-electron chi connectivity index (χ3n) is 3.09. The second-order valence-electron chi connectivity index (χ2n) is 4.87. The number of carbonyl (C=O) groups excluding carboxylic acids is 1. The van der Waals surface area contributed by atoms with Crippen molar-refractivity contribution in [3.63, 3.8) is 0 Å². The third-order valence-corrected chi connectivity index (χ3v) is 3.09. The molecule has 2 N–H and O–H groups in total. The zero-order valence-electron chi connectivity index (χ0n) is 11.5. The molecule has 0 bridgehead atoms. The normalized spacial score (nSPS) is 12.2. The summed E-state index contributed by atoms with van der Waals surface area (Å²) in [5, 5.41) is 12.5. The van der Waals surface area contributed by atoms with Crippen LogP contribution in [0.1, 0.15) is 55.5 Å². The lowest BCUT2D eigenvalue weighted by atomic mass is 10.1. The van der Waals surface area contributed by atoms with E-state index < -0.39 is 0 Å². The van der Waals surface area contributed by atoms with Crippen molar-refractivity contribution in [3.8, 4) is 5.75 Å². The number of rotatable bonds is 6. The predicted octanol–water partition coefficient (Wildman–Crippen LogP) is 3.40. The molecular formula is C15H23NO2. The minimum Gasteiger partial charge on any atom is -0.508 e. The maximum atomic E-state index is 11.9. The Labute approximate surface area is 109 Å². The van der Waals surface area contributed by atoms with Gasteiger partial charge in [0.15, 0.2) is 0 Å². The molecule has 3 heteroatoms. The van der Waals surface area contributed by atoms with E-state index in [0.717, 1.165) is 18.4 Å². The molecule has 1 atom stereocenters. The molecule has 0 radical (unpaired) electrons. The van der Waals surface area contributed by atoms with Crippen LogP contribution in [-0.4, -0.2) is 17.1 Å². The van der Waals surface area contributed by atoms with Gasteiger partial charge in [0.25, 0.3) is 5.91 Å². The van der Waals surface area contributed by atoms with Crippen LogP contribution in [0.4, 0.5) is 0 Å². The Morgan fingerprint density at radius 3 is 2.72 bits per heavy atom. The fourth-order valence-corrected chi connectivity index (χ4v) is 1.83. The van der Waals surface area contributed by atoms with Crippen LogP contribution in [0.2, 0.25) is 0 Å². The summed E-state index contributed by atoms with van der Waals surface area (Å²) in [5.41, 5.74) is 1.29. The number of nitrogens with one attached hydrogen (secondary N) is 1. The van der Waals surface area contributed by atoms with Gasteiger partial charge in [-0.05, 0) is 38.0 Å². The molecule has 0 saturated carbocycles. The Balaban J connectivity index is 2.51. The Hall–Kier alpha value is -1.51. The van der Waals surface area contributed by atoms with Crippen molar-refractivity contribution >= 4 is 5.91 Å². The van der Waals surface area contributed by atoms with Crippen molar-refractivity contribution in [3.05, 3.63) is 29.3 Å². The highest BCUT2D eigenvalue weighted by Crippen LogP contribution is 2.17. The molecule has 0 spiro atoms. The van der Waals surface area contributed by atoms with Crippen LogP contribution in [-0.2, 0) is 0 Å². The number of aryl methyl sites for hydroxylation is 1. The van der Waals surface area contributed by atoms with Gasteiger partial charge in [-0.1, -0.05) is 32.3 Å². The van der Waals surface area contributed by atoms with Crippen molar-refractivity contribution in [1.82, 2.24) is 5.32 Å². The highest BCUT2D eigenvalue weighted by Gasteiger charge is 2.10. The van der Waals surface area contributed by atoms with Gasteiger partial charge in [-0.25, -0.2) is 0 Å². The topological polar surface area (TPSA) is 49.3 Å². The van der Waals surface area contributed by atoms with E-state index in [1.807, 2.05) is 13.8 Å². The molecule has 1 amide bonds. The monoisotopic (exact) mass is 249 g/mol. The number of hydrogen-bond acceptors (Lipinski definition) is 2. The first-order valence-corrected chi connectivity index (χ1v) is 6.65. The van der Waals surface area contributed by atoms with Crippen LogP contribution in [0.3, 0.4) is 0 Å². The van der Waals surface area contributed by atoms with Gasteiger partial charge in [-0.15, -0.1) is 0 Å². The van der Waals surface area contributed by atoms with Gasteiger partial charge in [0.1, 0.15) is 5.75 Å². The number of unbranched alkanes of at least 4 members (excludes halogenated alkanes) is 2. The Morgan fingerprint density at radius 2 is 2.11 bits per heavy atom. The van der Waals surface area contributed by atoms with Crippen LogP contribution < -0.4 is 5.32 Å². The first kappa shape index (κ1) is 14.6. The van der Waals surface area contributed by atoms with Crippen molar-refractivity contribution < 1.29 is 9.90 Å². The average Bonchev–Trinajstić information content (AvgIpc) is 2.33. The molecule has 1 unspecified atom stereocenters. The molecule has 1 rings (SSSR count). The lowest BCUT2D eigenvalue weighted by molar-refractivity contribution is 0.0937. The van der Waals surface area contributed by atoms with E-state index in [2.05, 4.69) is 12.2 Å². The lowest BCUT2D eigenvalue weighted by Gasteiger charge is -2.14. The first-order chi connectivity index (χ1) is 8.54. The minimum absolute atomic E-state index is 0.116. The molecular weight excluding hydrogens is 226 g/mol. The summed E-state index contributed by atoms with van der Waals surface area (Å²) in [4.78, 5) is 11.9. The zero-order valence-corrected chi connectivity index (χ0v) is 11.5. The van der Waals surface area contributed by atoms with Crippen molar-refractivity contribution in [2.45, 2.75) is 52.5 Å². The average molecular weight is 249 g/mol. The quantitative estimate of drug-likeness (QED) is 0.759. The first-order valence-electron chi connectivity index (χ1n) is 6.65. The molecule has 100 valence electrons. The summed E-state index contributed by atoms with van der Waals surface area (Å²) in [6, 6.07) is 5.19. The summed E-state index contributed by atoms with van der Waals surface area (Å²) in [5.74, 6) is 0.0515. The van der Waals surface area contributed by atoms with Crippen LogP contribution in [0.5, 0.6) is 5.75 Å². The second kappa shape index (κ2) is 7.04. The number of carbonyl (C=O) groups is 1. The highest BCUT2D eigenvalue weighted by atomic mass is 16.3. The van der Waals surface area contributed by atoms with Gasteiger partial charge in [0, 0.05) is 11.6 Å². The Kier molecular flexibility index (Phi) is 5.69. The Morgan fingerprint density at radius 1 is 1.39 bits per heavy atom. The largest absolute Gasteiger partial charge is 0.508 e. The molecule has 0 aliphatic rings. The summed E-state index contributed by atoms with van der Waals surface area (Å²) in [6.07, 6.45) is 4.52. The molecule has 0 fully saturated rings. The summed E-state index contributed by atoms with van der Waals surface area (Å²) >= 11 is 0. The number of hydrogen-bond donors (Lipinski definition) is 2. The van der Waals surface area contributed by atoms with Crippen molar-refractivity contribution in [1.29, 1.82) is 0 Å². The van der Waals surface area contributed by atoms with Crippen LogP contribution in [0.15, 0.2) is 18.2 Å². The lowest BCUT2D eigenvalue weighted by Crippen LogP contribution is -2.32. The van der Waals surface area contributed by atoms with E-state index >= 15 is 0 Å². The number of amides is 1. The van der Waals surface area contributed by atoms with E-state index in [-0.39, 0.29) is 17.7 Å². The minimum atomic E-state index is -0.116. The summed E-state index contributed by atoms with van der Waals surface area (Å²) in [6.45, 7) is 5.99. The summed E-state index contributed by atoms with van der Waals surface area (Å²) < 4.78 is 0. The van der Waals surface area contributed by atoms with Gasteiger partial charge in [-0.3, -0.25) is 4.79 Å². The van der Waals surface area contributed by atoms with Gasteiger partial charge in [0.05, 0.1) is 0 Å². The van der Waals surface area contributed by atoms with E-state index in [1.165, 1.54) is 18.9 Å². The third kappa shape index (κ3) is 4.40. The van der Waals surface area contributed by atoms with E-state index in [0.29, 0.717) is 5.56 Å². The number of benzene rings is 1. The molecule has 0 aliphatic heterocycles. The van der Waals surface area contributed by atoms with E-state index in [4.69, 9.17) is 0 Å². The molecule has 0 saturated heterocycles. The number of aromatic hydroxyl groups is 1. The number of phenolic OH excluding ortho intramolecular Hbond substituents is 1. The smallest absolute Gasteiger partial charge is 0.251 e. The Bertz CT molecular complexity index is 401. The molecule has 1 aromatic rings. The highest BCUT2D eigenvalue weighted by molar-refractivity contribution is 5.94. The molecule has 0 aromatic heterocycles. The zero-order chi connectivity index (χ0) is 13.5. The SMILES string of the molecule is CCCCCC(C)NC(=O)c1ccc(C)c(O)c1. The van der Waals surface area contributed by atoms with Crippen LogP contribution in [0.25, 0.3) is 0 Å². The second-order valence-corrected chi connectivity index (χ2v) is 4.87. The molecule has 0 heterocycles. The van der Waals surface area contributed by atoms with Gasteiger partial charge in [0.2, 0.25) is 0 Å². The maximum Gasteiger partial charge on any atom is 0.251 e. The van der Waals surface area contributed by atoms with E-state index in [1.54, 1.807) is 12.1 Å². The standard InChI is InChI=1S/C15H23NO2/c1-4-5-6-7-12(3)16-15(18)13-9-8-11(2)14(17)10-13/h8-10,12,17H,4-7H2,1-3H3,(H,16,18). The fourth-order valence-electron chi connectivity index (χ4n) is 1.83. The summed E-state index contributed by atoms with van der Waals surface area (Å²) in [7, 11) is 0. The molecule has 1 aromatic carbocycles. The van der Waals surface area contributed by atoms with Gasteiger partial charge < -0.3 is 10.4 Å². The van der Waals surface area contributed by atoms with Crippen molar-refractivity contribution in [2.75, 3.05) is 0 Å². The molecule has 0 aliphatic carbocycles. The molecule has 3 nitrogen and oxygen atoms in total. The van der Waals surface area contributed by atoms with E-state index in [9.17, 15) is 9.90 Å². The predicted molar refractivity (Wildman–Crippen MR) is 73.9 cm³/mol. The molecule has 18 heavy (non-hydrogen) atoms. The van der Waals surface area contributed by atoms with Gasteiger partial charge in [-0.2, -0.15) is 0 Å².